The van der Waals surface area contributed by atoms with Gasteiger partial charge in [-0.1, -0.05) is 18.9 Å². The Hall–Kier alpha value is -1.01. The van der Waals surface area contributed by atoms with Crippen LogP contribution in [0.2, 0.25) is 0 Å². The summed E-state index contributed by atoms with van der Waals surface area (Å²) in [4.78, 5) is 2.58. The Labute approximate surface area is 169 Å². The topological polar surface area (TPSA) is 40.2 Å². The summed E-state index contributed by atoms with van der Waals surface area (Å²) in [5, 5.41) is 0. The number of rotatable bonds is 8. The number of nitrogens with zero attached hydrogens (tertiary/aromatic N) is 1. The number of hydrogen-bond acceptors (Lipinski definition) is 5. The molecule has 1 saturated carbocycles. The van der Waals surface area contributed by atoms with E-state index in [1.54, 1.807) is 14.2 Å². The molecule has 27 heavy (non-hydrogen) atoms. The molecule has 0 unspecified atom stereocenters. The maximum atomic E-state index is 6.34. The van der Waals surface area contributed by atoms with Gasteiger partial charge in [0.15, 0.2) is 0 Å². The Kier molecular flexibility index (Phi) is 9.69. The molecule has 1 aromatic carbocycles. The number of methoxy groups -OCH3 is 2. The monoisotopic (exact) mass is 399 g/mol. The van der Waals surface area contributed by atoms with Crippen molar-refractivity contribution in [3.8, 4) is 11.5 Å². The van der Waals surface area contributed by atoms with Crippen LogP contribution in [-0.4, -0.2) is 64.2 Å². The summed E-state index contributed by atoms with van der Waals surface area (Å²) in [7, 11) is 3.39. The summed E-state index contributed by atoms with van der Waals surface area (Å²) in [6.07, 6.45) is 7.41. The molecule has 0 aromatic heterocycles. The minimum atomic E-state index is 0. The second-order valence-corrected chi connectivity index (χ2v) is 7.19. The molecule has 2 fully saturated rings. The van der Waals surface area contributed by atoms with Gasteiger partial charge in [0.1, 0.15) is 11.5 Å². The summed E-state index contributed by atoms with van der Waals surface area (Å²) in [6.45, 7) is 4.63. The van der Waals surface area contributed by atoms with Gasteiger partial charge in [0.05, 0.1) is 33.5 Å². The minimum absolute atomic E-state index is 0. The highest BCUT2D eigenvalue weighted by molar-refractivity contribution is 5.85. The smallest absolute Gasteiger partial charge is 0.125 e. The Bertz CT molecular complexity index is 551. The molecule has 3 rings (SSSR count). The lowest BCUT2D eigenvalue weighted by Crippen LogP contribution is -2.51. The van der Waals surface area contributed by atoms with E-state index >= 15 is 0 Å². The van der Waals surface area contributed by atoms with Gasteiger partial charge in [-0.15, -0.1) is 12.4 Å². The zero-order valence-electron chi connectivity index (χ0n) is 16.7. The van der Waals surface area contributed by atoms with Crippen LogP contribution >= 0.6 is 12.4 Å². The molecule has 1 saturated heterocycles. The van der Waals surface area contributed by atoms with Crippen LogP contribution in [0.3, 0.4) is 0 Å². The summed E-state index contributed by atoms with van der Waals surface area (Å²) in [6, 6.07) is 6.61. The quantitative estimate of drug-likeness (QED) is 0.623. The van der Waals surface area contributed by atoms with Crippen molar-refractivity contribution in [2.75, 3.05) is 47.1 Å². The molecule has 0 amide bonds. The number of ether oxygens (including phenoxy) is 4. The third-order valence-electron chi connectivity index (χ3n) is 5.60. The van der Waals surface area contributed by atoms with Gasteiger partial charge in [0.25, 0.3) is 0 Å². The van der Waals surface area contributed by atoms with E-state index < -0.39 is 0 Å². The standard InChI is InChI=1S/C21H33NO4.ClH/c1-23-18-10-9-17(21(16-18)24-2)6-5-13-26-20-8-4-3-7-19(20)22-11-14-25-15-12-22;/h9-10,16,19-20H,3-8,11-15H2,1-2H3;1H/t19-,20-;/m0./s1. The highest BCUT2D eigenvalue weighted by Crippen LogP contribution is 2.28. The van der Waals surface area contributed by atoms with Gasteiger partial charge in [0, 0.05) is 31.8 Å². The second kappa shape index (κ2) is 11.7. The maximum Gasteiger partial charge on any atom is 0.125 e. The molecule has 5 nitrogen and oxygen atoms in total. The minimum Gasteiger partial charge on any atom is -0.497 e. The predicted octanol–water partition coefficient (Wildman–Crippen LogP) is 3.72. The van der Waals surface area contributed by atoms with Crippen LogP contribution in [-0.2, 0) is 15.9 Å². The number of benzene rings is 1. The van der Waals surface area contributed by atoms with Gasteiger partial charge in [-0.2, -0.15) is 0 Å². The maximum absolute atomic E-state index is 6.34. The fraction of sp³-hybridized carbons (Fsp3) is 0.714. The molecule has 6 heteroatoms. The first-order chi connectivity index (χ1) is 12.8. The highest BCUT2D eigenvalue weighted by atomic mass is 35.5. The van der Waals surface area contributed by atoms with E-state index in [-0.39, 0.29) is 12.4 Å². The molecule has 1 aliphatic heterocycles. The molecule has 1 heterocycles. The van der Waals surface area contributed by atoms with E-state index in [4.69, 9.17) is 18.9 Å². The van der Waals surface area contributed by atoms with Crippen LogP contribution in [0.25, 0.3) is 0 Å². The predicted molar refractivity (Wildman–Crippen MR) is 110 cm³/mol. The van der Waals surface area contributed by atoms with Gasteiger partial charge < -0.3 is 18.9 Å². The first-order valence-electron chi connectivity index (χ1n) is 9.96. The SMILES string of the molecule is COc1ccc(CCCO[C@H]2CCCC[C@@H]2N2CCOCC2)c(OC)c1.Cl. The van der Waals surface area contributed by atoms with Crippen molar-refractivity contribution in [3.63, 3.8) is 0 Å². The largest absolute Gasteiger partial charge is 0.497 e. The van der Waals surface area contributed by atoms with Crippen LogP contribution in [0.1, 0.15) is 37.7 Å². The van der Waals surface area contributed by atoms with E-state index in [1.165, 1.54) is 31.2 Å². The molecule has 0 bridgehead atoms. The molecule has 2 aliphatic rings. The Morgan fingerprint density at radius 2 is 1.85 bits per heavy atom. The lowest BCUT2D eigenvalue weighted by Gasteiger charge is -2.41. The Morgan fingerprint density at radius 3 is 2.59 bits per heavy atom. The van der Waals surface area contributed by atoms with Crippen LogP contribution in [0.5, 0.6) is 11.5 Å². The van der Waals surface area contributed by atoms with Crippen molar-refractivity contribution >= 4 is 12.4 Å². The third kappa shape index (κ3) is 6.24. The Balaban J connectivity index is 0.00000261. The van der Waals surface area contributed by atoms with Gasteiger partial charge in [-0.25, -0.2) is 0 Å². The van der Waals surface area contributed by atoms with Crippen molar-refractivity contribution < 1.29 is 18.9 Å². The van der Waals surface area contributed by atoms with Crippen LogP contribution in [0.4, 0.5) is 0 Å². The second-order valence-electron chi connectivity index (χ2n) is 7.19. The molecular weight excluding hydrogens is 366 g/mol. The van der Waals surface area contributed by atoms with Crippen LogP contribution in [0, 0.1) is 0 Å². The van der Waals surface area contributed by atoms with Gasteiger partial charge in [-0.05, 0) is 37.3 Å². The average molecular weight is 400 g/mol. The molecule has 0 radical (unpaired) electrons. The highest BCUT2D eigenvalue weighted by Gasteiger charge is 2.31. The lowest BCUT2D eigenvalue weighted by molar-refractivity contribution is -0.0657. The summed E-state index contributed by atoms with van der Waals surface area (Å²) in [5.41, 5.74) is 1.21. The van der Waals surface area contributed by atoms with Crippen molar-refractivity contribution in [3.05, 3.63) is 23.8 Å². The summed E-state index contributed by atoms with van der Waals surface area (Å²) in [5.74, 6) is 1.73. The third-order valence-corrected chi connectivity index (χ3v) is 5.60. The fourth-order valence-electron chi connectivity index (χ4n) is 4.15. The molecule has 0 N–H and O–H groups in total. The van der Waals surface area contributed by atoms with Crippen molar-refractivity contribution in [1.29, 1.82) is 0 Å². The Morgan fingerprint density at radius 1 is 1.07 bits per heavy atom. The van der Waals surface area contributed by atoms with Crippen molar-refractivity contribution in [2.24, 2.45) is 0 Å². The zero-order valence-corrected chi connectivity index (χ0v) is 17.5. The first-order valence-corrected chi connectivity index (χ1v) is 9.96. The van der Waals surface area contributed by atoms with Crippen molar-refractivity contribution in [2.45, 2.75) is 50.7 Å². The molecule has 2 atom stereocenters. The summed E-state index contributed by atoms with van der Waals surface area (Å²) >= 11 is 0. The number of aryl methyl sites for hydroxylation is 1. The normalized spacial score (nSPS) is 23.5. The zero-order chi connectivity index (χ0) is 18.2. The van der Waals surface area contributed by atoms with Crippen LogP contribution in [0.15, 0.2) is 18.2 Å². The van der Waals surface area contributed by atoms with Crippen LogP contribution < -0.4 is 9.47 Å². The van der Waals surface area contributed by atoms with Gasteiger partial charge in [0.2, 0.25) is 0 Å². The summed E-state index contributed by atoms with van der Waals surface area (Å²) < 4.78 is 22.6. The number of halogens is 1. The van der Waals surface area contributed by atoms with Crippen molar-refractivity contribution in [1.82, 2.24) is 4.90 Å². The first kappa shape index (κ1) is 22.3. The average Bonchev–Trinajstić information content (AvgIpc) is 2.72. The van der Waals surface area contributed by atoms with Gasteiger partial charge >= 0.3 is 0 Å². The molecule has 1 aliphatic carbocycles. The lowest BCUT2D eigenvalue weighted by atomic mass is 9.91. The molecule has 1 aromatic rings. The number of morpholine rings is 1. The van der Waals surface area contributed by atoms with E-state index in [0.717, 1.165) is 57.3 Å². The molecular formula is C21H34ClNO4. The van der Waals surface area contributed by atoms with Gasteiger partial charge in [-0.3, -0.25) is 4.90 Å². The van der Waals surface area contributed by atoms with E-state index in [2.05, 4.69) is 11.0 Å². The van der Waals surface area contributed by atoms with E-state index in [1.807, 2.05) is 12.1 Å². The molecule has 0 spiro atoms. The number of hydrogen-bond donors (Lipinski definition) is 0. The van der Waals surface area contributed by atoms with E-state index in [9.17, 15) is 0 Å². The van der Waals surface area contributed by atoms with E-state index in [0.29, 0.717) is 12.1 Å². The molecule has 154 valence electrons. The fourth-order valence-corrected chi connectivity index (χ4v) is 4.15.